The van der Waals surface area contributed by atoms with Crippen molar-refractivity contribution >= 4 is 27.6 Å². The summed E-state index contributed by atoms with van der Waals surface area (Å²) in [7, 11) is -3.81. The summed E-state index contributed by atoms with van der Waals surface area (Å²) in [5.74, 6) is -1.19. The van der Waals surface area contributed by atoms with E-state index in [1.807, 2.05) is 0 Å². The van der Waals surface area contributed by atoms with E-state index in [-0.39, 0.29) is 29.4 Å². The van der Waals surface area contributed by atoms with Gasteiger partial charge in [-0.15, -0.1) is 0 Å². The molecule has 0 aromatic heterocycles. The van der Waals surface area contributed by atoms with E-state index in [0.29, 0.717) is 11.1 Å². The summed E-state index contributed by atoms with van der Waals surface area (Å²) >= 11 is 0. The molecular formula is C19H19NO6S. The predicted molar refractivity (Wildman–Crippen MR) is 98.0 cm³/mol. The first kappa shape index (κ1) is 20.5. The molecular weight excluding hydrogens is 370 g/mol. The second kappa shape index (κ2) is 9.20. The first-order valence-electron chi connectivity index (χ1n) is 8.14. The molecule has 0 aliphatic heterocycles. The zero-order valence-electron chi connectivity index (χ0n) is 14.7. The number of carbonyl (C=O) groups excluding carboxylic acids is 3. The van der Waals surface area contributed by atoms with Crippen molar-refractivity contribution in [1.29, 1.82) is 0 Å². The molecule has 0 heterocycles. The molecule has 0 amide bonds. The number of carbonyl (C=O) groups is 3. The van der Waals surface area contributed by atoms with Gasteiger partial charge in [0, 0.05) is 17.7 Å². The lowest BCUT2D eigenvalue weighted by Crippen LogP contribution is -2.27. The van der Waals surface area contributed by atoms with E-state index < -0.39 is 22.6 Å². The third-order valence-electron chi connectivity index (χ3n) is 3.65. The van der Waals surface area contributed by atoms with E-state index in [4.69, 9.17) is 4.74 Å². The summed E-state index contributed by atoms with van der Waals surface area (Å²) in [5, 5.41) is 0. The number of Topliss-reactive ketones (excluding diaryl/α,β-unsaturated/α-hetero) is 2. The monoisotopic (exact) mass is 389 g/mol. The number of esters is 1. The third-order valence-corrected chi connectivity index (χ3v) is 5.13. The van der Waals surface area contributed by atoms with Gasteiger partial charge in [-0.25, -0.2) is 13.1 Å². The van der Waals surface area contributed by atoms with Crippen molar-refractivity contribution in [3.8, 4) is 0 Å². The molecule has 7 nitrogen and oxygen atoms in total. The van der Waals surface area contributed by atoms with Crippen LogP contribution in [-0.2, 0) is 19.6 Å². The van der Waals surface area contributed by atoms with Gasteiger partial charge in [0.15, 0.2) is 18.2 Å². The SMILES string of the molecule is CC(=O)c1ccc(S(=O)(=O)NCCC(=O)OCC(=O)c2ccccc2)cc1. The highest BCUT2D eigenvalue weighted by Crippen LogP contribution is 2.11. The van der Waals surface area contributed by atoms with Crippen LogP contribution in [0.3, 0.4) is 0 Å². The second-order valence-electron chi connectivity index (χ2n) is 5.68. The minimum Gasteiger partial charge on any atom is -0.457 e. The Labute approximate surface area is 157 Å². The van der Waals surface area contributed by atoms with Gasteiger partial charge >= 0.3 is 5.97 Å². The molecule has 0 fully saturated rings. The molecule has 0 radical (unpaired) electrons. The lowest BCUT2D eigenvalue weighted by molar-refractivity contribution is -0.142. The Balaban J connectivity index is 1.79. The number of hydrogen-bond donors (Lipinski definition) is 1. The molecule has 0 spiro atoms. The average Bonchev–Trinajstić information content (AvgIpc) is 2.66. The number of benzene rings is 2. The van der Waals surface area contributed by atoms with Crippen LogP contribution in [0.25, 0.3) is 0 Å². The number of ether oxygens (including phenoxy) is 1. The van der Waals surface area contributed by atoms with Gasteiger partial charge in [-0.3, -0.25) is 14.4 Å². The Kier molecular flexibility index (Phi) is 6.98. The Bertz CT molecular complexity index is 920. The van der Waals surface area contributed by atoms with Crippen LogP contribution < -0.4 is 4.72 Å². The first-order valence-corrected chi connectivity index (χ1v) is 9.62. The van der Waals surface area contributed by atoms with Crippen LogP contribution >= 0.6 is 0 Å². The van der Waals surface area contributed by atoms with Crippen molar-refractivity contribution in [2.45, 2.75) is 18.2 Å². The summed E-state index contributed by atoms with van der Waals surface area (Å²) in [6.07, 6.45) is -0.215. The van der Waals surface area contributed by atoms with Crippen LogP contribution in [0, 0.1) is 0 Å². The van der Waals surface area contributed by atoms with E-state index in [1.165, 1.54) is 31.2 Å². The zero-order chi connectivity index (χ0) is 19.9. The highest BCUT2D eigenvalue weighted by Gasteiger charge is 2.15. The molecule has 2 rings (SSSR count). The molecule has 0 aliphatic rings. The fourth-order valence-electron chi connectivity index (χ4n) is 2.17. The van der Waals surface area contributed by atoms with Crippen molar-refractivity contribution < 1.29 is 27.5 Å². The Morgan fingerprint density at radius 2 is 1.56 bits per heavy atom. The number of sulfonamides is 1. The van der Waals surface area contributed by atoms with Crippen LogP contribution in [0.2, 0.25) is 0 Å². The summed E-state index contributed by atoms with van der Waals surface area (Å²) < 4.78 is 31.4. The summed E-state index contributed by atoms with van der Waals surface area (Å²) in [6, 6.07) is 13.9. The van der Waals surface area contributed by atoms with Gasteiger partial charge in [-0.05, 0) is 19.1 Å². The topological polar surface area (TPSA) is 107 Å². The van der Waals surface area contributed by atoms with E-state index in [2.05, 4.69) is 4.72 Å². The predicted octanol–water partition coefficient (Wildman–Crippen LogP) is 1.98. The lowest BCUT2D eigenvalue weighted by Gasteiger charge is -2.07. The van der Waals surface area contributed by atoms with Crippen LogP contribution in [0.15, 0.2) is 59.5 Å². The molecule has 8 heteroatoms. The standard InChI is InChI=1S/C19H19NO6S/c1-14(21)15-7-9-17(10-8-15)27(24,25)20-12-11-19(23)26-13-18(22)16-5-3-2-4-6-16/h2-10,20H,11-13H2,1H3. The summed E-state index contributed by atoms with van der Waals surface area (Å²) in [5.41, 5.74) is 0.834. The molecule has 0 bridgehead atoms. The Morgan fingerprint density at radius 3 is 2.15 bits per heavy atom. The number of nitrogens with one attached hydrogen (secondary N) is 1. The highest BCUT2D eigenvalue weighted by atomic mass is 32.2. The van der Waals surface area contributed by atoms with Crippen LogP contribution in [0.4, 0.5) is 0 Å². The van der Waals surface area contributed by atoms with Gasteiger partial charge in [0.1, 0.15) is 0 Å². The van der Waals surface area contributed by atoms with E-state index in [1.54, 1.807) is 30.3 Å². The second-order valence-corrected chi connectivity index (χ2v) is 7.45. The lowest BCUT2D eigenvalue weighted by atomic mass is 10.1. The van der Waals surface area contributed by atoms with Crippen molar-refractivity contribution in [3.63, 3.8) is 0 Å². The smallest absolute Gasteiger partial charge is 0.307 e. The van der Waals surface area contributed by atoms with Gasteiger partial charge < -0.3 is 4.74 Å². The van der Waals surface area contributed by atoms with Crippen LogP contribution in [0.5, 0.6) is 0 Å². The minimum atomic E-state index is -3.81. The van der Waals surface area contributed by atoms with E-state index in [0.717, 1.165) is 0 Å². The first-order chi connectivity index (χ1) is 12.8. The highest BCUT2D eigenvalue weighted by molar-refractivity contribution is 7.89. The van der Waals surface area contributed by atoms with Crippen LogP contribution in [0.1, 0.15) is 34.1 Å². The van der Waals surface area contributed by atoms with Gasteiger partial charge in [-0.1, -0.05) is 42.5 Å². The quantitative estimate of drug-likeness (QED) is 0.519. The van der Waals surface area contributed by atoms with Crippen molar-refractivity contribution in [1.82, 2.24) is 4.72 Å². The van der Waals surface area contributed by atoms with Crippen molar-refractivity contribution in [3.05, 3.63) is 65.7 Å². The number of ketones is 2. The fourth-order valence-corrected chi connectivity index (χ4v) is 3.20. The molecule has 1 N–H and O–H groups in total. The molecule has 2 aromatic carbocycles. The van der Waals surface area contributed by atoms with Crippen molar-refractivity contribution in [2.24, 2.45) is 0 Å². The largest absolute Gasteiger partial charge is 0.457 e. The molecule has 0 unspecified atom stereocenters. The fraction of sp³-hybridized carbons (Fsp3) is 0.211. The molecule has 2 aromatic rings. The normalized spacial score (nSPS) is 11.0. The van der Waals surface area contributed by atoms with E-state index >= 15 is 0 Å². The van der Waals surface area contributed by atoms with Crippen LogP contribution in [-0.4, -0.2) is 39.1 Å². The van der Waals surface area contributed by atoms with E-state index in [9.17, 15) is 22.8 Å². The molecule has 27 heavy (non-hydrogen) atoms. The van der Waals surface area contributed by atoms with Gasteiger partial charge in [0.05, 0.1) is 11.3 Å². The summed E-state index contributed by atoms with van der Waals surface area (Å²) in [4.78, 5) is 34.7. The third kappa shape index (κ3) is 6.12. The van der Waals surface area contributed by atoms with Gasteiger partial charge in [-0.2, -0.15) is 0 Å². The zero-order valence-corrected chi connectivity index (χ0v) is 15.5. The van der Waals surface area contributed by atoms with Crippen molar-refractivity contribution in [2.75, 3.05) is 13.2 Å². The maximum atomic E-state index is 12.1. The Morgan fingerprint density at radius 1 is 0.926 bits per heavy atom. The molecule has 0 atom stereocenters. The summed E-state index contributed by atoms with van der Waals surface area (Å²) in [6.45, 7) is 0.813. The molecule has 142 valence electrons. The maximum absolute atomic E-state index is 12.1. The number of hydrogen-bond acceptors (Lipinski definition) is 6. The Hall–Kier alpha value is -2.84. The molecule has 0 aliphatic carbocycles. The maximum Gasteiger partial charge on any atom is 0.307 e. The average molecular weight is 389 g/mol. The van der Waals surface area contributed by atoms with Gasteiger partial charge in [0.2, 0.25) is 10.0 Å². The molecule has 0 saturated carbocycles. The van der Waals surface area contributed by atoms with Gasteiger partial charge in [0.25, 0.3) is 0 Å². The number of rotatable bonds is 9. The molecule has 0 saturated heterocycles. The minimum absolute atomic E-state index is 0.0138.